The maximum atomic E-state index is 13.9. The topological polar surface area (TPSA) is 104 Å². The van der Waals surface area contributed by atoms with Crippen LogP contribution < -0.4 is 4.90 Å². The van der Waals surface area contributed by atoms with Gasteiger partial charge in [0.25, 0.3) is 17.5 Å². The Morgan fingerprint density at radius 3 is 1.95 bits per heavy atom. The van der Waals surface area contributed by atoms with Gasteiger partial charge in [0, 0.05) is 48.1 Å². The summed E-state index contributed by atoms with van der Waals surface area (Å²) in [6, 6.07) is 7.96. The van der Waals surface area contributed by atoms with Gasteiger partial charge in [-0.05, 0) is 66.3 Å². The van der Waals surface area contributed by atoms with E-state index in [0.717, 1.165) is 91.9 Å². The van der Waals surface area contributed by atoms with Crippen molar-refractivity contribution in [1.29, 1.82) is 0 Å². The number of benzene rings is 2. The van der Waals surface area contributed by atoms with Crippen LogP contribution in [0.15, 0.2) is 53.8 Å². The number of allylic oxidation sites excluding steroid dienone is 3. The monoisotopic (exact) mass is 570 g/mol. The molecule has 6 rings (SSSR count). The Bertz CT molecular complexity index is 1500. The van der Waals surface area contributed by atoms with Crippen LogP contribution in [0.25, 0.3) is 10.8 Å². The van der Waals surface area contributed by atoms with Crippen LogP contribution in [0.2, 0.25) is 0 Å². The van der Waals surface area contributed by atoms with Crippen LogP contribution in [0.4, 0.5) is 16.2 Å². The summed E-state index contributed by atoms with van der Waals surface area (Å²) in [6.07, 6.45) is 12.6. The van der Waals surface area contributed by atoms with Crippen LogP contribution in [0.1, 0.15) is 83.6 Å². The molecule has 0 radical (unpaired) electrons. The molecule has 2 heterocycles. The first-order valence-electron chi connectivity index (χ1n) is 15.2. The molecular formula is C33H38N4O5. The van der Waals surface area contributed by atoms with Crippen molar-refractivity contribution in [3.63, 3.8) is 0 Å². The highest BCUT2D eigenvalue weighted by Crippen LogP contribution is 2.50. The highest BCUT2D eigenvalue weighted by atomic mass is 16.6. The fraction of sp³-hybridized carbons (Fsp3) is 0.485. The highest BCUT2D eigenvalue weighted by Gasteiger charge is 2.48. The zero-order valence-corrected chi connectivity index (χ0v) is 24.6. The molecule has 1 saturated heterocycles. The SMILES string of the molecule is CN1/C(=C/C=C2C(=O)N(C3CCCCC3)C(=O)N(C3CCCCC3)C2=O)C(C)(C)c2c1ccc1cc([N+](=O)[O-])ccc21. The molecule has 2 aromatic carbocycles. The number of nitro benzene ring substituents is 1. The third kappa shape index (κ3) is 4.50. The number of hydrogen-bond acceptors (Lipinski definition) is 6. The minimum Gasteiger partial charge on any atom is -0.347 e. The third-order valence-electron chi connectivity index (χ3n) is 9.78. The molecule has 0 aromatic heterocycles. The average Bonchev–Trinajstić information content (AvgIpc) is 3.18. The lowest BCUT2D eigenvalue weighted by Crippen LogP contribution is -2.62. The van der Waals surface area contributed by atoms with Gasteiger partial charge in [0.15, 0.2) is 0 Å². The first kappa shape index (κ1) is 28.1. The number of nitro groups is 1. The number of carbonyl (C=O) groups excluding carboxylic acids is 3. The molecular weight excluding hydrogens is 532 g/mol. The van der Waals surface area contributed by atoms with Crippen LogP contribution in [0.3, 0.4) is 0 Å². The summed E-state index contributed by atoms with van der Waals surface area (Å²) in [5.41, 5.74) is 2.46. The van der Waals surface area contributed by atoms with Crippen molar-refractivity contribution < 1.29 is 19.3 Å². The van der Waals surface area contributed by atoms with Crippen LogP contribution in [-0.4, -0.2) is 51.7 Å². The molecule has 9 nitrogen and oxygen atoms in total. The van der Waals surface area contributed by atoms with Crippen molar-refractivity contribution >= 4 is 40.0 Å². The minimum absolute atomic E-state index is 0.0406. The van der Waals surface area contributed by atoms with Crippen LogP contribution in [-0.2, 0) is 15.0 Å². The van der Waals surface area contributed by atoms with Gasteiger partial charge >= 0.3 is 6.03 Å². The van der Waals surface area contributed by atoms with Crippen molar-refractivity contribution in [2.24, 2.45) is 0 Å². The summed E-state index contributed by atoms with van der Waals surface area (Å²) in [6.45, 7) is 4.16. The largest absolute Gasteiger partial charge is 0.347 e. The molecule has 2 aromatic rings. The van der Waals surface area contributed by atoms with E-state index in [9.17, 15) is 24.5 Å². The maximum Gasteiger partial charge on any atom is 0.334 e. The normalized spacial score (nSPS) is 22.8. The molecule has 4 amide bonds. The lowest BCUT2D eigenvalue weighted by Gasteiger charge is -2.43. The van der Waals surface area contributed by atoms with Crippen molar-refractivity contribution in [3.05, 3.63) is 69.4 Å². The van der Waals surface area contributed by atoms with Gasteiger partial charge < -0.3 is 4.90 Å². The Morgan fingerprint density at radius 1 is 0.833 bits per heavy atom. The van der Waals surface area contributed by atoms with E-state index in [-0.39, 0.29) is 23.3 Å². The second-order valence-corrected chi connectivity index (χ2v) is 12.7. The zero-order chi connectivity index (χ0) is 29.8. The number of hydrogen-bond donors (Lipinski definition) is 0. The van der Waals surface area contributed by atoms with Crippen molar-refractivity contribution in [2.75, 3.05) is 11.9 Å². The van der Waals surface area contributed by atoms with Crippen LogP contribution >= 0.6 is 0 Å². The molecule has 2 aliphatic heterocycles. The second kappa shape index (κ2) is 10.7. The smallest absolute Gasteiger partial charge is 0.334 e. The summed E-state index contributed by atoms with van der Waals surface area (Å²) in [5, 5.41) is 13.1. The van der Waals surface area contributed by atoms with E-state index in [1.165, 1.54) is 15.9 Å². The van der Waals surface area contributed by atoms with Crippen LogP contribution in [0, 0.1) is 10.1 Å². The lowest BCUT2D eigenvalue weighted by molar-refractivity contribution is -0.384. The van der Waals surface area contributed by atoms with E-state index in [4.69, 9.17) is 0 Å². The number of fused-ring (bicyclic) bond motifs is 3. The summed E-state index contributed by atoms with van der Waals surface area (Å²) in [4.78, 5) is 57.3. The van der Waals surface area contributed by atoms with E-state index in [1.54, 1.807) is 18.2 Å². The number of rotatable bonds is 4. The Balaban J connectivity index is 1.41. The van der Waals surface area contributed by atoms with Gasteiger partial charge in [-0.15, -0.1) is 0 Å². The van der Waals surface area contributed by atoms with E-state index >= 15 is 0 Å². The fourth-order valence-electron chi connectivity index (χ4n) is 7.62. The number of barbiturate groups is 1. The number of anilines is 1. The first-order chi connectivity index (χ1) is 20.1. The molecule has 42 heavy (non-hydrogen) atoms. The number of non-ortho nitro benzene ring substituents is 1. The molecule has 4 aliphatic rings. The standard InChI is InChI=1S/C33H38N4O5/c1-33(2)28(34(3)27-18-14-21-20-24(37(41)42)15-16-25(21)29(27)33)19-17-26-30(38)35(22-10-6-4-7-11-22)32(40)36(31(26)39)23-12-8-5-9-13-23/h14-20,22-23H,4-13H2,1-3H3/b28-19+. The Morgan fingerprint density at radius 2 is 1.40 bits per heavy atom. The van der Waals surface area contributed by atoms with Gasteiger partial charge in [-0.25, -0.2) is 4.79 Å². The summed E-state index contributed by atoms with van der Waals surface area (Å²) >= 11 is 0. The molecule has 0 bridgehead atoms. The third-order valence-corrected chi connectivity index (χ3v) is 9.78. The van der Waals surface area contributed by atoms with Crippen molar-refractivity contribution in [2.45, 2.75) is 95.6 Å². The average molecular weight is 571 g/mol. The van der Waals surface area contributed by atoms with E-state index in [0.29, 0.717) is 0 Å². The number of carbonyl (C=O) groups is 3. The number of likely N-dealkylation sites (N-methyl/N-ethyl adjacent to an activating group) is 1. The van der Waals surface area contributed by atoms with E-state index < -0.39 is 28.2 Å². The minimum atomic E-state index is -0.514. The molecule has 2 saturated carbocycles. The molecule has 220 valence electrons. The van der Waals surface area contributed by atoms with E-state index in [1.807, 2.05) is 30.2 Å². The summed E-state index contributed by atoms with van der Waals surface area (Å²) in [7, 11) is 1.95. The zero-order valence-electron chi connectivity index (χ0n) is 24.6. The molecule has 9 heteroatoms. The number of urea groups is 1. The van der Waals surface area contributed by atoms with Gasteiger partial charge in [0.1, 0.15) is 5.57 Å². The second-order valence-electron chi connectivity index (χ2n) is 12.7. The quantitative estimate of drug-likeness (QED) is 0.174. The van der Waals surface area contributed by atoms with Gasteiger partial charge in [-0.2, -0.15) is 0 Å². The molecule has 0 unspecified atom stereocenters. The number of amides is 4. The number of nitrogens with zero attached hydrogens (tertiary/aromatic N) is 4. The number of imide groups is 2. The Hall–Kier alpha value is -4.01. The van der Waals surface area contributed by atoms with Crippen molar-refractivity contribution in [1.82, 2.24) is 9.80 Å². The molecule has 0 spiro atoms. The van der Waals surface area contributed by atoms with Crippen LogP contribution in [0.5, 0.6) is 0 Å². The maximum absolute atomic E-state index is 13.9. The highest BCUT2D eigenvalue weighted by molar-refractivity contribution is 6.29. The predicted octanol–water partition coefficient (Wildman–Crippen LogP) is 6.74. The molecule has 0 atom stereocenters. The molecule has 2 aliphatic carbocycles. The lowest BCUT2D eigenvalue weighted by atomic mass is 9.81. The molecule has 0 N–H and O–H groups in total. The summed E-state index contributed by atoms with van der Waals surface area (Å²) in [5.74, 6) is -0.982. The predicted molar refractivity (Wildman–Crippen MR) is 161 cm³/mol. The van der Waals surface area contributed by atoms with E-state index in [2.05, 4.69) is 13.8 Å². The Labute approximate surface area is 246 Å². The first-order valence-corrected chi connectivity index (χ1v) is 15.2. The fourth-order valence-corrected chi connectivity index (χ4v) is 7.62. The molecule has 3 fully saturated rings. The summed E-state index contributed by atoms with van der Waals surface area (Å²) < 4.78 is 0. The van der Waals surface area contributed by atoms with Gasteiger partial charge in [-0.3, -0.25) is 29.5 Å². The Kier molecular flexibility index (Phi) is 7.15. The van der Waals surface area contributed by atoms with Gasteiger partial charge in [-0.1, -0.05) is 58.4 Å². The van der Waals surface area contributed by atoms with Gasteiger partial charge in [0.05, 0.1) is 4.92 Å². The van der Waals surface area contributed by atoms with Gasteiger partial charge in [0.2, 0.25) is 0 Å². The van der Waals surface area contributed by atoms with Crippen molar-refractivity contribution in [3.8, 4) is 0 Å².